The zero-order valence-electron chi connectivity index (χ0n) is 52.6. The highest BCUT2D eigenvalue weighted by molar-refractivity contribution is 7.98. The number of carbonyl (C=O) groups is 15. The summed E-state index contributed by atoms with van der Waals surface area (Å²) >= 11 is 6.84. The second-order valence-corrected chi connectivity index (χ2v) is 24.9. The van der Waals surface area contributed by atoms with Crippen molar-refractivity contribution in [2.24, 2.45) is 34.0 Å². The Morgan fingerprint density at radius 3 is 1.38 bits per heavy atom. The van der Waals surface area contributed by atoms with Crippen LogP contribution in [-0.4, -0.2) is 213 Å². The smallest absolute Gasteiger partial charge is 0.326 e. The third kappa shape index (κ3) is 31.4. The highest BCUT2D eigenvalue weighted by atomic mass is 32.2. The number of aliphatic carboxylic acids is 3. The Morgan fingerprint density at radius 2 is 0.946 bits per heavy atom. The van der Waals surface area contributed by atoms with Crippen molar-refractivity contribution in [1.29, 1.82) is 0 Å². The van der Waals surface area contributed by atoms with Crippen LogP contribution in [0.15, 0.2) is 35.3 Å². The lowest BCUT2D eigenvalue weighted by atomic mass is 10.0. The number of nitrogens with two attached hydrogens (primary N) is 3. The Morgan fingerprint density at radius 1 is 0.548 bits per heavy atom. The van der Waals surface area contributed by atoms with Gasteiger partial charge in [-0.15, -0.1) is 0 Å². The Labute approximate surface area is 552 Å². The molecule has 1 aliphatic rings. The molecule has 93 heavy (non-hydrogen) atoms. The second-order valence-electron chi connectivity index (χ2n) is 22.5. The van der Waals surface area contributed by atoms with Gasteiger partial charge >= 0.3 is 17.9 Å². The number of carbonyl (C=O) groups excluding carboxylic acids is 12. The van der Waals surface area contributed by atoms with E-state index in [9.17, 15) is 82.1 Å². The Kier molecular flexibility index (Phi) is 37.4. The van der Waals surface area contributed by atoms with E-state index in [1.54, 1.807) is 62.9 Å². The molecule has 32 nitrogen and oxygen atoms in total. The van der Waals surface area contributed by atoms with Crippen LogP contribution in [0.3, 0.4) is 0 Å². The van der Waals surface area contributed by atoms with Crippen LogP contribution < -0.4 is 70.4 Å². The van der Waals surface area contributed by atoms with Crippen LogP contribution in [0.4, 0.5) is 0 Å². The topological polar surface area (TPSA) is 527 Å². The van der Waals surface area contributed by atoms with Gasteiger partial charge in [0.1, 0.15) is 60.4 Å². The Balaban J connectivity index is 2.43. The molecule has 2 rings (SSSR count). The van der Waals surface area contributed by atoms with Gasteiger partial charge in [-0.05, 0) is 106 Å². The molecule has 19 N–H and O–H groups in total. The minimum atomic E-state index is -1.91. The van der Waals surface area contributed by atoms with Crippen molar-refractivity contribution in [3.8, 4) is 0 Å². The quantitative estimate of drug-likeness (QED) is 0.0225. The lowest BCUT2D eigenvalue weighted by molar-refractivity contribution is -0.144. The fourth-order valence-corrected chi connectivity index (χ4v) is 10.4. The third-order valence-corrected chi connectivity index (χ3v) is 16.0. The molecule has 12 atom stereocenters. The van der Waals surface area contributed by atoms with E-state index >= 15 is 0 Å². The highest BCUT2D eigenvalue weighted by Crippen LogP contribution is 2.17. The summed E-state index contributed by atoms with van der Waals surface area (Å²) in [5.41, 5.74) is 18.0. The van der Waals surface area contributed by atoms with Gasteiger partial charge in [0.05, 0.1) is 18.9 Å². The molecule has 0 fully saturated rings. The molecule has 35 heteroatoms. The average molecular weight is 1370 g/mol. The molecule has 0 unspecified atom stereocenters. The average Bonchev–Trinajstić information content (AvgIpc) is 1.70. The van der Waals surface area contributed by atoms with E-state index in [2.05, 4.69) is 70.8 Å². The molecule has 1 aromatic rings. The van der Waals surface area contributed by atoms with E-state index in [-0.39, 0.29) is 68.6 Å². The van der Waals surface area contributed by atoms with Gasteiger partial charge < -0.3 is 85.7 Å². The van der Waals surface area contributed by atoms with Crippen molar-refractivity contribution in [1.82, 2.24) is 53.2 Å². The van der Waals surface area contributed by atoms with Gasteiger partial charge in [0, 0.05) is 31.4 Å². The summed E-state index contributed by atoms with van der Waals surface area (Å²) in [6.45, 7) is 5.35. The first-order chi connectivity index (χ1) is 43.9. The van der Waals surface area contributed by atoms with Crippen molar-refractivity contribution in [3.63, 3.8) is 0 Å². The van der Waals surface area contributed by atoms with E-state index < -0.39 is 194 Å². The standard InChI is InChI=1S/C58H90N14O18S3/c1-30(2)25-39(53(84)68-38(58(89)90)15-17-46(77)78)69-55(86)41(28-44(61)74)70-50(81)35(14-16-45(75)76)66-52(83)37(20-24-93-5)67-54(85)40(27-43(60)73)71-56(87)42(29-91)72-49(80)34(13-9-10-21-63-57(88)47-31(3)18-22-62-47)65-51(82)36(19-23-92-4)64-48(79)33(59)26-32-11-7-6-8-12-32/h6-8,11-12,22,30-31,33-42,47,91H,9-10,13-21,23-29,59H2,1-5H3,(H2,60,73)(H2,61,74)(H,63,88)(H,64,79)(H,65,82)(H,66,83)(H,67,85)(H,68,84)(H,69,86)(H,70,81)(H,71,87)(H,72,80)(H,75,76)(H,77,78)(H,89,90)/t31-,33+,34+,35+,36+,37+,38+,39+,40+,41+,42+,47-/m1/s1. The Bertz CT molecular complexity index is 2790. The van der Waals surface area contributed by atoms with Crippen molar-refractivity contribution >= 4 is 131 Å². The monoisotopic (exact) mass is 1370 g/mol. The molecule has 518 valence electrons. The minimum absolute atomic E-state index is 0.00279. The second kappa shape index (κ2) is 43.0. The van der Waals surface area contributed by atoms with Gasteiger partial charge in [0.2, 0.25) is 70.9 Å². The van der Waals surface area contributed by atoms with Gasteiger partial charge in [-0.25, -0.2) is 4.79 Å². The molecule has 1 heterocycles. The molecule has 1 aromatic carbocycles. The SMILES string of the molecule is CSCC[C@H](NC(=O)[C@H](CC(N)=O)NC(=O)[C@H](CS)NC(=O)[C@H](CCCCNC(=O)[C@@H]1N=CC[C@H]1C)NC(=O)[C@H](CCSC)NC(=O)[C@@H](N)Cc1ccccc1)C(=O)N[C@@H](CCC(=O)O)C(=O)N[C@@H](CC(N)=O)C(=O)N[C@@H](CC(C)C)C(=O)N[C@@H](CCC(=O)O)C(=O)O. The number of carboxylic acids is 3. The van der Waals surface area contributed by atoms with E-state index in [4.69, 9.17) is 22.3 Å². The summed E-state index contributed by atoms with van der Waals surface area (Å²) in [4.78, 5) is 202. The van der Waals surface area contributed by atoms with E-state index in [0.717, 1.165) is 5.56 Å². The molecule has 0 saturated carbocycles. The maximum Gasteiger partial charge on any atom is 0.326 e. The molecule has 12 amide bonds. The zero-order chi connectivity index (χ0) is 69.9. The number of unbranched alkanes of at least 4 members (excludes halogenated alkanes) is 1. The number of aliphatic imine (C=N–C) groups is 1. The van der Waals surface area contributed by atoms with E-state index in [1.165, 1.54) is 23.5 Å². The summed E-state index contributed by atoms with van der Waals surface area (Å²) in [6.07, 6.45) is 1.74. The number of benzene rings is 1. The summed E-state index contributed by atoms with van der Waals surface area (Å²) in [5, 5.41) is 52.8. The number of amides is 12. The molecule has 0 spiro atoms. The van der Waals surface area contributed by atoms with Crippen molar-refractivity contribution in [2.75, 3.05) is 36.3 Å². The number of thiol groups is 1. The van der Waals surface area contributed by atoms with Crippen molar-refractivity contribution in [3.05, 3.63) is 35.9 Å². The number of rotatable bonds is 46. The molecule has 0 aromatic heterocycles. The van der Waals surface area contributed by atoms with Crippen LogP contribution in [0, 0.1) is 11.8 Å². The highest BCUT2D eigenvalue weighted by Gasteiger charge is 2.37. The lowest BCUT2D eigenvalue weighted by Crippen LogP contribution is -2.61. The normalized spacial score (nSPS) is 16.5. The van der Waals surface area contributed by atoms with Gasteiger partial charge in [-0.1, -0.05) is 51.1 Å². The molecular formula is C58H90N14O18S3. The van der Waals surface area contributed by atoms with Crippen LogP contribution in [0.2, 0.25) is 0 Å². The van der Waals surface area contributed by atoms with Crippen molar-refractivity contribution in [2.45, 2.75) is 177 Å². The lowest BCUT2D eigenvalue weighted by Gasteiger charge is -2.28. The fourth-order valence-electron chi connectivity index (χ4n) is 9.21. The number of carboxylic acid groups (broad SMARTS) is 3. The number of thioether (sulfide) groups is 2. The zero-order valence-corrected chi connectivity index (χ0v) is 55.1. The molecule has 0 radical (unpaired) electrons. The van der Waals surface area contributed by atoms with Gasteiger partial charge in [-0.2, -0.15) is 36.2 Å². The van der Waals surface area contributed by atoms with Gasteiger partial charge in [0.25, 0.3) is 0 Å². The third-order valence-electron chi connectivity index (χ3n) is 14.3. The molecule has 1 aliphatic heterocycles. The summed E-state index contributed by atoms with van der Waals surface area (Å²) < 4.78 is 0. The predicted molar refractivity (Wildman–Crippen MR) is 347 cm³/mol. The Hall–Kier alpha value is -8.05. The predicted octanol–water partition coefficient (Wildman–Crippen LogP) is -3.27. The van der Waals surface area contributed by atoms with Crippen LogP contribution in [0.1, 0.15) is 110 Å². The molecule has 0 bridgehead atoms. The number of primary amides is 2. The molecule has 0 aliphatic carbocycles. The first kappa shape index (κ1) is 81.0. The largest absolute Gasteiger partial charge is 0.481 e. The number of hydrogen-bond donors (Lipinski definition) is 17. The van der Waals surface area contributed by atoms with Crippen LogP contribution >= 0.6 is 36.2 Å². The molecule has 0 saturated heterocycles. The first-order valence-electron chi connectivity index (χ1n) is 30.0. The number of nitrogens with one attached hydrogen (secondary N) is 10. The van der Waals surface area contributed by atoms with Gasteiger partial charge in [0.15, 0.2) is 0 Å². The van der Waals surface area contributed by atoms with E-state index in [0.29, 0.717) is 18.6 Å². The van der Waals surface area contributed by atoms with Gasteiger partial charge in [-0.3, -0.25) is 72.1 Å². The summed E-state index contributed by atoms with van der Waals surface area (Å²) in [5.74, 6) is -16.5. The fraction of sp³-hybridized carbons (Fsp3) is 0.621. The van der Waals surface area contributed by atoms with Crippen LogP contribution in [0.5, 0.6) is 0 Å². The maximum absolute atomic E-state index is 14.3. The van der Waals surface area contributed by atoms with Crippen LogP contribution in [0.25, 0.3) is 0 Å². The van der Waals surface area contributed by atoms with Crippen LogP contribution in [-0.2, 0) is 78.3 Å². The van der Waals surface area contributed by atoms with E-state index in [1.807, 2.05) is 6.92 Å². The number of hydrogen-bond acceptors (Lipinski definition) is 20. The first-order valence-corrected chi connectivity index (χ1v) is 33.5. The minimum Gasteiger partial charge on any atom is -0.481 e. The molecular weight excluding hydrogens is 1280 g/mol. The summed E-state index contributed by atoms with van der Waals surface area (Å²) in [7, 11) is 0. The summed E-state index contributed by atoms with van der Waals surface area (Å²) in [6, 6.07) is -7.28. The maximum atomic E-state index is 14.3. The number of nitrogens with zero attached hydrogens (tertiary/aromatic N) is 1. The van der Waals surface area contributed by atoms with Crippen molar-refractivity contribution < 1.29 is 87.2 Å².